The van der Waals surface area contributed by atoms with Gasteiger partial charge in [0.05, 0.1) is 40.0 Å². The fourth-order valence-electron chi connectivity index (χ4n) is 10.3. The van der Waals surface area contributed by atoms with Gasteiger partial charge < -0.3 is 20.1 Å². The van der Waals surface area contributed by atoms with Gasteiger partial charge in [0, 0.05) is 48.8 Å². The molecule has 0 bridgehead atoms. The largest absolute Gasteiger partial charge is 0.491 e. The second kappa shape index (κ2) is 20.1. The van der Waals surface area contributed by atoms with Crippen molar-refractivity contribution < 1.29 is 33.8 Å². The minimum atomic E-state index is -1.12. The molecule has 16 nitrogen and oxygen atoms in total. The summed E-state index contributed by atoms with van der Waals surface area (Å²) >= 11 is 1.43. The number of amides is 4. The monoisotopic (exact) mass is 973 g/mol. The van der Waals surface area contributed by atoms with Crippen LogP contribution in [0.3, 0.4) is 0 Å². The number of likely N-dealkylation sites (tertiary alicyclic amines) is 1. The van der Waals surface area contributed by atoms with Gasteiger partial charge in [0.1, 0.15) is 11.6 Å². The molecule has 2 atom stereocenters. The summed E-state index contributed by atoms with van der Waals surface area (Å²) in [5, 5.41) is 24.8. The molecule has 10 rings (SSSR count). The number of hydrogen-bond acceptors (Lipinski definition) is 12. The summed E-state index contributed by atoms with van der Waals surface area (Å²) < 4.78 is 9.09. The van der Waals surface area contributed by atoms with Gasteiger partial charge in [-0.15, -0.1) is 0 Å². The lowest BCUT2D eigenvalue weighted by Gasteiger charge is -2.32. The number of piperidine rings is 2. The van der Waals surface area contributed by atoms with Gasteiger partial charge >= 0.3 is 5.97 Å². The highest BCUT2D eigenvalue weighted by Gasteiger charge is 2.32. The van der Waals surface area contributed by atoms with Gasteiger partial charge in [-0.25, -0.2) is 14.8 Å². The topological polar surface area (TPSA) is 201 Å². The molecule has 0 spiro atoms. The van der Waals surface area contributed by atoms with E-state index >= 15 is 0 Å². The first-order valence-corrected chi connectivity index (χ1v) is 25.0. The number of imide groups is 1. The van der Waals surface area contributed by atoms with E-state index in [1.807, 2.05) is 103 Å². The predicted octanol–water partition coefficient (Wildman–Crippen LogP) is 8.49. The van der Waals surface area contributed by atoms with Crippen LogP contribution in [0.5, 0.6) is 5.75 Å². The maximum Gasteiger partial charge on any atom is 0.355 e. The van der Waals surface area contributed by atoms with E-state index in [2.05, 4.69) is 37.9 Å². The number of ether oxygens (including phenoxy) is 1. The third-order valence-corrected chi connectivity index (χ3v) is 15.0. The fraction of sp³-hybridized carbons (Fsp3) is 0.333. The highest BCUT2D eigenvalue weighted by Crippen LogP contribution is 2.35. The Kier molecular flexibility index (Phi) is 13.3. The van der Waals surface area contributed by atoms with Crippen LogP contribution in [0.25, 0.3) is 32.2 Å². The minimum absolute atomic E-state index is 0.0368. The van der Waals surface area contributed by atoms with Crippen LogP contribution in [0.4, 0.5) is 16.6 Å². The van der Waals surface area contributed by atoms with Crippen LogP contribution in [0.2, 0.25) is 0 Å². The van der Waals surface area contributed by atoms with Crippen LogP contribution in [0.1, 0.15) is 94.6 Å². The quantitative estimate of drug-likeness (QED) is 0.0759. The molecule has 4 amide bonds. The summed E-state index contributed by atoms with van der Waals surface area (Å²) in [6, 6.07) is 28.5. The lowest BCUT2D eigenvalue weighted by atomic mass is 9.91. The Morgan fingerprint density at radius 3 is 2.51 bits per heavy atom. The molecule has 3 aliphatic rings. The molecule has 71 heavy (non-hydrogen) atoms. The Morgan fingerprint density at radius 1 is 0.901 bits per heavy atom. The van der Waals surface area contributed by atoms with E-state index in [1.54, 1.807) is 11.7 Å². The lowest BCUT2D eigenvalue weighted by molar-refractivity contribution is -0.134. The zero-order chi connectivity index (χ0) is 49.3. The van der Waals surface area contributed by atoms with Crippen LogP contribution in [-0.4, -0.2) is 91.6 Å². The zero-order valence-electron chi connectivity index (χ0n) is 39.9. The molecule has 0 saturated carbocycles. The molecule has 0 radical (unpaired) electrons. The number of fused-ring (bicyclic) bond motifs is 3. The van der Waals surface area contributed by atoms with E-state index in [9.17, 15) is 29.1 Å². The van der Waals surface area contributed by atoms with E-state index in [1.165, 1.54) is 11.3 Å². The number of carbonyl (C=O) groups is 5. The van der Waals surface area contributed by atoms with Gasteiger partial charge in [-0.05, 0) is 154 Å². The molecule has 3 aromatic heterocycles. The second-order valence-corrected chi connectivity index (χ2v) is 20.0. The number of benzene rings is 4. The molecule has 6 heterocycles. The number of aryl methyl sites for hydroxylation is 2. The SMILES string of the molecule is Cc1cc(O[C@H](C)CCC2CCN(CC(=O)Nc3ccc4c(C5CCC(=O)NC5=O)nn(C)c4c3)CC2)ccc1-c1ccc(N2CCc3cccc(C(=O)Nc4nc5ccccc5s4)c3C2)nc1C(=O)O. The van der Waals surface area contributed by atoms with Gasteiger partial charge in [-0.1, -0.05) is 41.7 Å². The molecule has 364 valence electrons. The molecule has 7 aromatic rings. The van der Waals surface area contributed by atoms with Crippen molar-refractivity contribution in [3.8, 4) is 16.9 Å². The van der Waals surface area contributed by atoms with Gasteiger partial charge in [-0.2, -0.15) is 5.10 Å². The van der Waals surface area contributed by atoms with Gasteiger partial charge in [0.15, 0.2) is 10.8 Å². The molecule has 4 N–H and O–H groups in total. The first kappa shape index (κ1) is 47.2. The van der Waals surface area contributed by atoms with Crippen molar-refractivity contribution in [2.24, 2.45) is 13.0 Å². The smallest absolute Gasteiger partial charge is 0.355 e. The number of para-hydroxylation sites is 1. The maximum atomic E-state index is 13.6. The van der Waals surface area contributed by atoms with E-state index in [-0.39, 0.29) is 41.8 Å². The Morgan fingerprint density at radius 2 is 1.72 bits per heavy atom. The van der Waals surface area contributed by atoms with Crippen molar-refractivity contribution in [2.75, 3.05) is 41.7 Å². The second-order valence-electron chi connectivity index (χ2n) is 18.9. The first-order valence-electron chi connectivity index (χ1n) is 24.2. The number of thiazole rings is 1. The summed E-state index contributed by atoms with van der Waals surface area (Å²) in [6.45, 7) is 7.00. The average Bonchev–Trinajstić information content (AvgIpc) is 3.92. The van der Waals surface area contributed by atoms with Crippen molar-refractivity contribution >= 4 is 78.7 Å². The number of aromatic nitrogens is 4. The minimum Gasteiger partial charge on any atom is -0.491 e. The summed E-state index contributed by atoms with van der Waals surface area (Å²) in [7, 11) is 1.81. The Bertz CT molecular complexity index is 3200. The van der Waals surface area contributed by atoms with E-state index in [0.717, 1.165) is 82.1 Å². The standard InChI is InChI=1S/C54H55N9O7S/c1-31-27-36(70-32(2)11-12-33-21-24-62(25-22-33)30-48(65)55-35-13-15-40-44(28-35)61(3)60-49(40)41-18-20-47(64)58-52(41)67)14-16-37(31)38-17-19-46(57-50(38)53(68)69)63-26-23-34-7-6-8-39(42(34)29-63)51(66)59-54-56-43-9-4-5-10-45(43)71-54/h4-10,13-17,19,27-28,32-33,41H,11-12,18,20-26,29-30H2,1-3H3,(H,55,65)(H,68,69)(H,56,59,66)(H,58,64,67)/t32-,41?/m1/s1. The highest BCUT2D eigenvalue weighted by molar-refractivity contribution is 7.22. The van der Waals surface area contributed by atoms with Crippen LogP contribution in [-0.2, 0) is 34.4 Å². The first-order chi connectivity index (χ1) is 34.3. The van der Waals surface area contributed by atoms with Crippen molar-refractivity contribution in [2.45, 2.75) is 77.4 Å². The number of aromatic carboxylic acids is 1. The Hall–Kier alpha value is -7.50. The number of nitrogens with one attached hydrogen (secondary N) is 3. The molecule has 3 aliphatic heterocycles. The van der Waals surface area contributed by atoms with Crippen molar-refractivity contribution in [3.63, 3.8) is 0 Å². The highest BCUT2D eigenvalue weighted by atomic mass is 32.1. The van der Waals surface area contributed by atoms with Crippen LogP contribution in [0, 0.1) is 12.8 Å². The molecule has 1 unspecified atom stereocenters. The zero-order valence-corrected chi connectivity index (χ0v) is 40.7. The summed E-state index contributed by atoms with van der Waals surface area (Å²) in [5.41, 5.74) is 7.54. The van der Waals surface area contributed by atoms with E-state index in [4.69, 9.17) is 9.72 Å². The van der Waals surface area contributed by atoms with Crippen LogP contribution in [0.15, 0.2) is 91.0 Å². The molecule has 4 aromatic carbocycles. The molecular formula is C54H55N9O7S. The van der Waals surface area contributed by atoms with Gasteiger partial charge in [0.2, 0.25) is 17.7 Å². The summed E-state index contributed by atoms with van der Waals surface area (Å²) in [6.07, 6.45) is 5.20. The third-order valence-electron chi connectivity index (χ3n) is 14.1. The average molecular weight is 974 g/mol. The van der Waals surface area contributed by atoms with Crippen LogP contribution < -0.4 is 25.6 Å². The molecular weight excluding hydrogens is 919 g/mol. The molecule has 2 fully saturated rings. The Balaban J connectivity index is 0.704. The number of carboxylic acids is 1. The lowest BCUT2D eigenvalue weighted by Crippen LogP contribution is -2.39. The predicted molar refractivity (Wildman–Crippen MR) is 273 cm³/mol. The van der Waals surface area contributed by atoms with E-state index in [0.29, 0.717) is 77.6 Å². The normalized spacial score (nSPS) is 16.9. The van der Waals surface area contributed by atoms with Crippen molar-refractivity contribution in [1.82, 2.24) is 30.0 Å². The Labute approximate surface area is 414 Å². The number of nitrogens with zero attached hydrogens (tertiary/aromatic N) is 6. The fourth-order valence-corrected chi connectivity index (χ4v) is 11.1. The summed E-state index contributed by atoms with van der Waals surface area (Å²) in [5.74, 6) is -0.766. The number of rotatable bonds is 14. The van der Waals surface area contributed by atoms with E-state index < -0.39 is 11.9 Å². The van der Waals surface area contributed by atoms with Gasteiger partial charge in [-0.3, -0.25) is 39.4 Å². The summed E-state index contributed by atoms with van der Waals surface area (Å²) in [4.78, 5) is 77.2. The number of carboxylic acid groups (broad SMARTS) is 1. The van der Waals surface area contributed by atoms with Gasteiger partial charge in [0.25, 0.3) is 5.91 Å². The molecule has 0 aliphatic carbocycles. The van der Waals surface area contributed by atoms with Crippen LogP contribution >= 0.6 is 11.3 Å². The third kappa shape index (κ3) is 10.2. The van der Waals surface area contributed by atoms with Crippen molar-refractivity contribution in [3.05, 3.63) is 125 Å². The number of carbonyl (C=O) groups excluding carboxylic acids is 4. The maximum absolute atomic E-state index is 13.6. The molecule has 17 heteroatoms. The van der Waals surface area contributed by atoms with Crippen molar-refractivity contribution in [1.29, 1.82) is 0 Å². The molecule has 2 saturated heterocycles. The number of hydrogen-bond donors (Lipinski definition) is 4. The number of anilines is 3. The number of pyridine rings is 1.